The molecule has 0 aromatic heterocycles. The van der Waals surface area contributed by atoms with Gasteiger partial charge in [0.1, 0.15) is 6.29 Å². The largest absolute Gasteiger partial charge is 0.303 e. The van der Waals surface area contributed by atoms with Crippen LogP contribution in [0.2, 0.25) is 0 Å². The van der Waals surface area contributed by atoms with Crippen molar-refractivity contribution in [3.05, 3.63) is 12.2 Å². The lowest BCUT2D eigenvalue weighted by molar-refractivity contribution is -0.109. The molecule has 0 spiro atoms. The van der Waals surface area contributed by atoms with Crippen LogP contribution in [0.25, 0.3) is 0 Å². The molecule has 0 saturated heterocycles. The maximum Gasteiger partial charge on any atom is 0.120 e. The minimum Gasteiger partial charge on any atom is -0.303 e. The van der Waals surface area contributed by atoms with Crippen molar-refractivity contribution in [1.29, 1.82) is 0 Å². The summed E-state index contributed by atoms with van der Waals surface area (Å²) in [4.78, 5) is 10.5. The molecular formula is C12H20O. The Kier molecular flexibility index (Phi) is 3.71. The van der Waals surface area contributed by atoms with Gasteiger partial charge < -0.3 is 4.79 Å². The van der Waals surface area contributed by atoms with Gasteiger partial charge in [-0.25, -0.2) is 0 Å². The Labute approximate surface area is 81.2 Å². The number of carbonyl (C=O) groups is 1. The van der Waals surface area contributed by atoms with E-state index in [0.717, 1.165) is 18.6 Å². The molecule has 1 nitrogen and oxygen atoms in total. The Morgan fingerprint density at radius 1 is 1.54 bits per heavy atom. The normalized spacial score (nSPS) is 34.2. The third kappa shape index (κ3) is 2.68. The molecule has 74 valence electrons. The summed E-state index contributed by atoms with van der Waals surface area (Å²) in [6.45, 7) is 8.40. The Balaban J connectivity index is 2.59. The summed E-state index contributed by atoms with van der Waals surface area (Å²) in [5.74, 6) is 1.96. The molecule has 0 aliphatic heterocycles. The van der Waals surface area contributed by atoms with Crippen LogP contribution in [0.3, 0.4) is 0 Å². The van der Waals surface area contributed by atoms with E-state index in [1.54, 1.807) is 0 Å². The number of allylic oxidation sites excluding steroid dienone is 1. The quantitative estimate of drug-likeness (QED) is 0.481. The molecule has 1 saturated carbocycles. The molecule has 0 N–H and O–H groups in total. The van der Waals surface area contributed by atoms with E-state index in [9.17, 15) is 4.79 Å². The summed E-state index contributed by atoms with van der Waals surface area (Å²) in [5.41, 5.74) is 1.26. The van der Waals surface area contributed by atoms with Gasteiger partial charge in [0, 0.05) is 6.42 Å². The van der Waals surface area contributed by atoms with Crippen LogP contribution in [0.5, 0.6) is 0 Å². The van der Waals surface area contributed by atoms with Crippen molar-refractivity contribution in [2.75, 3.05) is 0 Å². The van der Waals surface area contributed by atoms with E-state index in [1.807, 2.05) is 0 Å². The Morgan fingerprint density at radius 2 is 2.23 bits per heavy atom. The van der Waals surface area contributed by atoms with Crippen molar-refractivity contribution in [2.45, 2.75) is 39.5 Å². The molecule has 1 aliphatic carbocycles. The summed E-state index contributed by atoms with van der Waals surface area (Å²) >= 11 is 0. The second-order valence-corrected chi connectivity index (χ2v) is 4.53. The summed E-state index contributed by atoms with van der Waals surface area (Å²) in [6.07, 6.45) is 5.53. The molecule has 0 amide bonds. The maximum absolute atomic E-state index is 10.5. The SMILES string of the molecule is C=C(C)[C@H]1CC[C@H](C)C[C@@H]1CC=O. The second kappa shape index (κ2) is 4.59. The highest BCUT2D eigenvalue weighted by Gasteiger charge is 2.28. The van der Waals surface area contributed by atoms with Gasteiger partial charge in [0.15, 0.2) is 0 Å². The fourth-order valence-corrected chi connectivity index (χ4v) is 2.53. The molecule has 1 rings (SSSR count). The van der Waals surface area contributed by atoms with Gasteiger partial charge in [-0.3, -0.25) is 0 Å². The predicted molar refractivity (Wildman–Crippen MR) is 55.5 cm³/mol. The Hall–Kier alpha value is -0.590. The summed E-state index contributed by atoms with van der Waals surface area (Å²) in [7, 11) is 0. The van der Waals surface area contributed by atoms with Gasteiger partial charge in [-0.2, -0.15) is 0 Å². The van der Waals surface area contributed by atoms with Crippen molar-refractivity contribution < 1.29 is 4.79 Å². The van der Waals surface area contributed by atoms with Crippen LogP contribution in [0.1, 0.15) is 39.5 Å². The van der Waals surface area contributed by atoms with Crippen molar-refractivity contribution in [1.82, 2.24) is 0 Å². The lowest BCUT2D eigenvalue weighted by atomic mass is 9.71. The van der Waals surface area contributed by atoms with Gasteiger partial charge in [0.25, 0.3) is 0 Å². The van der Waals surface area contributed by atoms with Gasteiger partial charge >= 0.3 is 0 Å². The van der Waals surface area contributed by atoms with Crippen LogP contribution >= 0.6 is 0 Å². The van der Waals surface area contributed by atoms with Gasteiger partial charge in [0.05, 0.1) is 0 Å². The van der Waals surface area contributed by atoms with Gasteiger partial charge in [-0.1, -0.05) is 25.5 Å². The smallest absolute Gasteiger partial charge is 0.120 e. The van der Waals surface area contributed by atoms with E-state index in [-0.39, 0.29) is 0 Å². The van der Waals surface area contributed by atoms with Crippen molar-refractivity contribution in [3.8, 4) is 0 Å². The minimum atomic E-state index is 0.568. The monoisotopic (exact) mass is 180 g/mol. The maximum atomic E-state index is 10.5. The average molecular weight is 180 g/mol. The molecule has 1 fully saturated rings. The number of aldehydes is 1. The lowest BCUT2D eigenvalue weighted by Crippen LogP contribution is -2.24. The number of hydrogen-bond donors (Lipinski definition) is 0. The zero-order valence-electron chi connectivity index (χ0n) is 8.75. The van der Waals surface area contributed by atoms with E-state index in [2.05, 4.69) is 20.4 Å². The van der Waals surface area contributed by atoms with Gasteiger partial charge in [-0.05, 0) is 37.5 Å². The van der Waals surface area contributed by atoms with Crippen LogP contribution < -0.4 is 0 Å². The molecule has 0 unspecified atom stereocenters. The van der Waals surface area contributed by atoms with Gasteiger partial charge in [0.2, 0.25) is 0 Å². The lowest BCUT2D eigenvalue weighted by Gasteiger charge is -2.34. The summed E-state index contributed by atoms with van der Waals surface area (Å²) in [5, 5.41) is 0. The topological polar surface area (TPSA) is 17.1 Å². The van der Waals surface area contributed by atoms with Crippen LogP contribution in [0, 0.1) is 17.8 Å². The van der Waals surface area contributed by atoms with Crippen molar-refractivity contribution in [2.24, 2.45) is 17.8 Å². The number of hydrogen-bond acceptors (Lipinski definition) is 1. The number of rotatable bonds is 3. The first-order valence-electron chi connectivity index (χ1n) is 5.24. The van der Waals surface area contributed by atoms with E-state index in [1.165, 1.54) is 24.8 Å². The third-order valence-electron chi connectivity index (χ3n) is 3.28. The van der Waals surface area contributed by atoms with Crippen LogP contribution in [0.4, 0.5) is 0 Å². The van der Waals surface area contributed by atoms with Crippen LogP contribution in [0.15, 0.2) is 12.2 Å². The second-order valence-electron chi connectivity index (χ2n) is 4.53. The Morgan fingerprint density at radius 3 is 2.77 bits per heavy atom. The number of carbonyl (C=O) groups excluding carboxylic acids is 1. The highest BCUT2D eigenvalue weighted by Crippen LogP contribution is 2.38. The molecule has 0 bridgehead atoms. The molecule has 0 aromatic rings. The molecule has 0 heterocycles. The fourth-order valence-electron chi connectivity index (χ4n) is 2.53. The molecule has 1 heteroatoms. The van der Waals surface area contributed by atoms with E-state index in [4.69, 9.17) is 0 Å². The fraction of sp³-hybridized carbons (Fsp3) is 0.750. The van der Waals surface area contributed by atoms with Crippen molar-refractivity contribution >= 4 is 6.29 Å². The van der Waals surface area contributed by atoms with Crippen LogP contribution in [-0.4, -0.2) is 6.29 Å². The van der Waals surface area contributed by atoms with Crippen molar-refractivity contribution in [3.63, 3.8) is 0 Å². The first-order valence-corrected chi connectivity index (χ1v) is 5.24. The van der Waals surface area contributed by atoms with E-state index < -0.39 is 0 Å². The van der Waals surface area contributed by atoms with E-state index >= 15 is 0 Å². The molecule has 3 atom stereocenters. The zero-order chi connectivity index (χ0) is 9.84. The first kappa shape index (κ1) is 10.5. The predicted octanol–water partition coefficient (Wildman–Crippen LogP) is 3.20. The molecule has 0 aromatic carbocycles. The van der Waals surface area contributed by atoms with Gasteiger partial charge in [-0.15, -0.1) is 0 Å². The van der Waals surface area contributed by atoms with Crippen LogP contribution in [-0.2, 0) is 4.79 Å². The highest BCUT2D eigenvalue weighted by molar-refractivity contribution is 5.50. The Bertz CT molecular complexity index is 195. The first-order chi connectivity index (χ1) is 6.15. The zero-order valence-corrected chi connectivity index (χ0v) is 8.75. The molecular weight excluding hydrogens is 160 g/mol. The average Bonchev–Trinajstić information content (AvgIpc) is 2.04. The minimum absolute atomic E-state index is 0.568. The van der Waals surface area contributed by atoms with E-state index in [0.29, 0.717) is 11.8 Å². The summed E-state index contributed by atoms with van der Waals surface area (Å²) < 4.78 is 0. The molecule has 13 heavy (non-hydrogen) atoms. The molecule has 1 aliphatic rings. The third-order valence-corrected chi connectivity index (χ3v) is 3.28. The standard InChI is InChI=1S/C12H20O/c1-9(2)12-5-4-10(3)8-11(12)6-7-13/h7,10-12H,1,4-6,8H2,2-3H3/t10-,11-,12+/m0/s1. The molecule has 0 radical (unpaired) electrons. The highest BCUT2D eigenvalue weighted by atomic mass is 16.1. The summed E-state index contributed by atoms with van der Waals surface area (Å²) in [6, 6.07) is 0.